The lowest BCUT2D eigenvalue weighted by Gasteiger charge is -2.45. The summed E-state index contributed by atoms with van der Waals surface area (Å²) >= 11 is 0. The highest BCUT2D eigenvalue weighted by Crippen LogP contribution is 2.19. The Kier molecular flexibility index (Phi) is 4.21. The van der Waals surface area contributed by atoms with Crippen LogP contribution in [0.5, 0.6) is 0 Å². The second-order valence-corrected chi connectivity index (χ2v) is 6.56. The van der Waals surface area contributed by atoms with Crippen LogP contribution in [0.1, 0.15) is 0 Å². The van der Waals surface area contributed by atoms with Crippen LogP contribution < -0.4 is 5.32 Å². The molecule has 2 saturated heterocycles. The fourth-order valence-corrected chi connectivity index (χ4v) is 3.62. The number of hydrogen-bond acceptors (Lipinski definition) is 6. The molecule has 1 N–H and O–H groups in total. The predicted molar refractivity (Wildman–Crippen MR) is 65.6 cm³/mol. The molecule has 2 rings (SSSR count). The van der Waals surface area contributed by atoms with Crippen molar-refractivity contribution in [1.82, 2.24) is 14.5 Å². The lowest BCUT2D eigenvalue weighted by atomic mass is 10.1. The summed E-state index contributed by atoms with van der Waals surface area (Å²) in [6.07, 6.45) is 0. The van der Waals surface area contributed by atoms with Crippen LogP contribution in [0.2, 0.25) is 0 Å². The van der Waals surface area contributed by atoms with Crippen LogP contribution in [0.25, 0.3) is 0 Å². The van der Waals surface area contributed by atoms with Crippen molar-refractivity contribution < 1.29 is 17.9 Å². The van der Waals surface area contributed by atoms with Crippen molar-refractivity contribution in [2.45, 2.75) is 6.04 Å². The van der Waals surface area contributed by atoms with Gasteiger partial charge < -0.3 is 10.1 Å². The molecule has 2 aliphatic rings. The van der Waals surface area contributed by atoms with E-state index in [2.05, 4.69) is 15.0 Å². The largest absolute Gasteiger partial charge is 0.468 e. The van der Waals surface area contributed by atoms with Gasteiger partial charge in [-0.05, 0) is 0 Å². The summed E-state index contributed by atoms with van der Waals surface area (Å²) in [4.78, 5) is 13.3. The van der Waals surface area contributed by atoms with E-state index >= 15 is 0 Å². The molecule has 0 aromatic carbocycles. The van der Waals surface area contributed by atoms with Crippen molar-refractivity contribution in [3.8, 4) is 0 Å². The van der Waals surface area contributed by atoms with Gasteiger partial charge in [0.05, 0.1) is 7.11 Å². The smallest absolute Gasteiger partial charge is 0.322 e. The van der Waals surface area contributed by atoms with Gasteiger partial charge in [0.2, 0.25) is 10.0 Å². The Labute approximate surface area is 107 Å². The fourth-order valence-electron chi connectivity index (χ4n) is 2.22. The Hall–Kier alpha value is -0.700. The highest BCUT2D eigenvalue weighted by atomic mass is 32.2. The maximum absolute atomic E-state index is 11.8. The first-order valence-electron chi connectivity index (χ1n) is 6.02. The number of nitrogens with zero attached hydrogens (tertiary/aromatic N) is 2. The highest BCUT2D eigenvalue weighted by molar-refractivity contribution is 7.89. The van der Waals surface area contributed by atoms with Crippen LogP contribution in [0, 0.1) is 0 Å². The average molecular weight is 277 g/mol. The molecule has 0 radical (unpaired) electrons. The van der Waals surface area contributed by atoms with E-state index in [4.69, 9.17) is 0 Å². The Morgan fingerprint density at radius 2 is 1.94 bits per heavy atom. The maximum atomic E-state index is 11.8. The van der Waals surface area contributed by atoms with Crippen molar-refractivity contribution in [2.75, 3.05) is 52.1 Å². The van der Waals surface area contributed by atoms with E-state index in [-0.39, 0.29) is 0 Å². The summed E-state index contributed by atoms with van der Waals surface area (Å²) in [5.41, 5.74) is 0. The van der Waals surface area contributed by atoms with Crippen LogP contribution in [0.4, 0.5) is 0 Å². The van der Waals surface area contributed by atoms with Gasteiger partial charge >= 0.3 is 5.97 Å². The minimum Gasteiger partial charge on any atom is -0.468 e. The summed E-state index contributed by atoms with van der Waals surface area (Å²) < 4.78 is 29.4. The van der Waals surface area contributed by atoms with E-state index in [1.807, 2.05) is 0 Å². The van der Waals surface area contributed by atoms with Gasteiger partial charge in [-0.3, -0.25) is 9.69 Å². The van der Waals surface area contributed by atoms with Crippen LogP contribution in [-0.2, 0) is 19.6 Å². The van der Waals surface area contributed by atoms with Gasteiger partial charge in [0.25, 0.3) is 0 Å². The number of rotatable bonds is 4. The first kappa shape index (κ1) is 13.7. The van der Waals surface area contributed by atoms with Gasteiger partial charge in [-0.1, -0.05) is 0 Å². The van der Waals surface area contributed by atoms with E-state index in [0.717, 1.165) is 26.2 Å². The third kappa shape index (κ3) is 3.00. The summed E-state index contributed by atoms with van der Waals surface area (Å²) in [7, 11) is -2.30. The van der Waals surface area contributed by atoms with E-state index in [0.29, 0.717) is 19.1 Å². The quantitative estimate of drug-likeness (QED) is 0.604. The molecule has 0 aromatic rings. The maximum Gasteiger partial charge on any atom is 0.322 e. The molecular formula is C10H19N3O4S. The topological polar surface area (TPSA) is 79.0 Å². The molecule has 0 unspecified atom stereocenters. The first-order valence-corrected chi connectivity index (χ1v) is 7.63. The molecule has 8 heteroatoms. The molecule has 104 valence electrons. The minimum atomic E-state index is -3.49. The lowest BCUT2D eigenvalue weighted by molar-refractivity contribution is -0.137. The minimum absolute atomic E-state index is 0.291. The summed E-state index contributed by atoms with van der Waals surface area (Å²) in [5, 5.41) is 3.26. The Balaban J connectivity index is 1.82. The number of carbonyl (C=O) groups is 1. The normalized spacial score (nSPS) is 23.6. The third-order valence-electron chi connectivity index (χ3n) is 3.42. The zero-order valence-electron chi connectivity index (χ0n) is 10.5. The van der Waals surface area contributed by atoms with Gasteiger partial charge in [-0.25, -0.2) is 8.42 Å². The van der Waals surface area contributed by atoms with Crippen LogP contribution in [0.3, 0.4) is 0 Å². The molecule has 0 atom stereocenters. The molecule has 18 heavy (non-hydrogen) atoms. The van der Waals surface area contributed by atoms with E-state index in [9.17, 15) is 13.2 Å². The van der Waals surface area contributed by atoms with Gasteiger partial charge in [0.15, 0.2) is 5.75 Å². The second kappa shape index (κ2) is 5.52. The van der Waals surface area contributed by atoms with Crippen molar-refractivity contribution in [2.24, 2.45) is 0 Å². The monoisotopic (exact) mass is 277 g/mol. The Bertz CT molecular complexity index is 399. The molecule has 2 aliphatic heterocycles. The van der Waals surface area contributed by atoms with E-state index in [1.54, 1.807) is 0 Å². The van der Waals surface area contributed by atoms with Crippen LogP contribution >= 0.6 is 0 Å². The van der Waals surface area contributed by atoms with Crippen LogP contribution in [-0.4, -0.2) is 81.8 Å². The van der Waals surface area contributed by atoms with Crippen molar-refractivity contribution in [3.05, 3.63) is 0 Å². The second-order valence-electron chi connectivity index (χ2n) is 4.59. The van der Waals surface area contributed by atoms with Gasteiger partial charge in [-0.15, -0.1) is 0 Å². The fraction of sp³-hybridized carbons (Fsp3) is 0.900. The van der Waals surface area contributed by atoms with Gasteiger partial charge in [-0.2, -0.15) is 4.31 Å². The molecule has 2 fully saturated rings. The molecular weight excluding hydrogens is 258 g/mol. The summed E-state index contributed by atoms with van der Waals surface area (Å²) in [6.45, 7) is 4.78. The molecule has 2 heterocycles. The Morgan fingerprint density at radius 3 is 2.50 bits per heavy atom. The molecule has 7 nitrogen and oxygen atoms in total. The van der Waals surface area contributed by atoms with Crippen molar-refractivity contribution in [3.63, 3.8) is 0 Å². The Morgan fingerprint density at radius 1 is 1.33 bits per heavy atom. The number of methoxy groups -OCH3 is 1. The molecule has 0 spiro atoms. The molecule has 0 bridgehead atoms. The molecule has 0 aromatic heterocycles. The van der Waals surface area contributed by atoms with Crippen molar-refractivity contribution in [1.29, 1.82) is 0 Å². The average Bonchev–Trinajstić information content (AvgIpc) is 2.27. The van der Waals surface area contributed by atoms with E-state index < -0.39 is 21.7 Å². The number of piperazine rings is 1. The molecule has 0 saturated carbocycles. The summed E-state index contributed by atoms with van der Waals surface area (Å²) in [5.74, 6) is -1.27. The lowest BCUT2D eigenvalue weighted by Crippen LogP contribution is -2.64. The van der Waals surface area contributed by atoms with Crippen LogP contribution in [0.15, 0.2) is 0 Å². The number of carbonyl (C=O) groups excluding carboxylic acids is 1. The highest BCUT2D eigenvalue weighted by Gasteiger charge is 2.39. The first-order chi connectivity index (χ1) is 8.53. The number of hydrogen-bond donors (Lipinski definition) is 1. The number of sulfonamides is 1. The third-order valence-corrected chi connectivity index (χ3v) is 5.10. The number of esters is 1. The molecule has 0 amide bonds. The number of nitrogens with one attached hydrogen (secondary N) is 1. The SMILES string of the molecule is COC(=O)CS(=O)(=O)N1CC(N2CCNCC2)C1. The zero-order valence-corrected chi connectivity index (χ0v) is 11.3. The summed E-state index contributed by atoms with van der Waals surface area (Å²) in [6, 6.07) is 0.291. The zero-order chi connectivity index (χ0) is 13.2. The van der Waals surface area contributed by atoms with E-state index in [1.165, 1.54) is 11.4 Å². The standard InChI is InChI=1S/C10H19N3O4S/c1-17-10(14)8-18(15,16)13-6-9(7-13)12-4-2-11-3-5-12/h9,11H,2-8H2,1H3. The molecule has 0 aliphatic carbocycles. The van der Waals surface area contributed by atoms with Gasteiger partial charge in [0.1, 0.15) is 0 Å². The van der Waals surface area contributed by atoms with Gasteiger partial charge in [0, 0.05) is 45.3 Å². The predicted octanol–water partition coefficient (Wildman–Crippen LogP) is -1.92. The number of ether oxygens (including phenoxy) is 1. The van der Waals surface area contributed by atoms with Crippen molar-refractivity contribution >= 4 is 16.0 Å².